The number of halogens is 1. The molecule has 1 fully saturated rings. The molecule has 0 aromatic heterocycles. The number of hydrazine groups is 1. The van der Waals surface area contributed by atoms with Crippen LogP contribution in [0.25, 0.3) is 0 Å². The summed E-state index contributed by atoms with van der Waals surface area (Å²) >= 11 is 0. The topological polar surface area (TPSA) is 168 Å². The molecule has 1 aromatic carbocycles. The third-order valence-corrected chi connectivity index (χ3v) is 6.78. The van der Waals surface area contributed by atoms with Crippen LogP contribution in [-0.4, -0.2) is 82.5 Å². The van der Waals surface area contributed by atoms with Gasteiger partial charge in [0.25, 0.3) is 0 Å². The van der Waals surface area contributed by atoms with Gasteiger partial charge in [-0.1, -0.05) is 18.2 Å². The Morgan fingerprint density at radius 1 is 1.44 bits per heavy atom. The normalized spacial score (nSPS) is 31.4. The molecule has 2 heterocycles. The van der Waals surface area contributed by atoms with Crippen LogP contribution in [0, 0.1) is 0 Å². The summed E-state index contributed by atoms with van der Waals surface area (Å²) < 4.78 is 58.3. The van der Waals surface area contributed by atoms with E-state index in [0.717, 1.165) is 6.92 Å². The van der Waals surface area contributed by atoms with Gasteiger partial charge in [-0.15, -0.1) is 0 Å². The third-order valence-electron chi connectivity index (χ3n) is 5.14. The maximum absolute atomic E-state index is 15.5. The van der Waals surface area contributed by atoms with E-state index in [1.54, 1.807) is 32.0 Å². The quantitative estimate of drug-likeness (QED) is 0.256. The predicted molar refractivity (Wildman–Crippen MR) is 124 cm³/mol. The third kappa shape index (κ3) is 6.58. The van der Waals surface area contributed by atoms with Crippen LogP contribution in [0.5, 0.6) is 5.75 Å². The Balaban J connectivity index is 1.76. The lowest BCUT2D eigenvalue weighted by molar-refractivity contribution is -0.149. The first-order valence-corrected chi connectivity index (χ1v) is 12.6. The van der Waals surface area contributed by atoms with E-state index in [9.17, 15) is 24.4 Å². The van der Waals surface area contributed by atoms with E-state index in [1.807, 2.05) is 0 Å². The fourth-order valence-electron chi connectivity index (χ4n) is 3.37. The smallest absolute Gasteiger partial charge is 0.459 e. The fraction of sp³-hybridized carbons (Fsp3) is 0.571. The maximum atomic E-state index is 15.5. The second kappa shape index (κ2) is 11.2. The molecule has 200 valence electrons. The summed E-state index contributed by atoms with van der Waals surface area (Å²) in [5.74, 6) is -1.42. The highest BCUT2D eigenvalue weighted by atomic mass is 31.2. The molecule has 1 aromatic rings. The number of amides is 2. The van der Waals surface area contributed by atoms with Crippen LogP contribution in [0.3, 0.4) is 0 Å². The number of urea groups is 1. The van der Waals surface area contributed by atoms with Crippen molar-refractivity contribution in [3.63, 3.8) is 0 Å². The van der Waals surface area contributed by atoms with Gasteiger partial charge in [-0.05, 0) is 39.8 Å². The van der Waals surface area contributed by atoms with Crippen LogP contribution >= 0.6 is 7.75 Å². The molecule has 1 unspecified atom stereocenters. The molecule has 1 saturated heterocycles. The van der Waals surface area contributed by atoms with Gasteiger partial charge in [0.1, 0.15) is 24.0 Å². The van der Waals surface area contributed by atoms with Gasteiger partial charge in [0.05, 0.1) is 20.6 Å². The fourth-order valence-corrected chi connectivity index (χ4v) is 4.87. The lowest BCUT2D eigenvalue weighted by Gasteiger charge is -2.34. The van der Waals surface area contributed by atoms with Crippen LogP contribution in [0.15, 0.2) is 35.3 Å². The number of aliphatic imine (C=N–C) groups is 1. The van der Waals surface area contributed by atoms with Crippen molar-refractivity contribution in [1.29, 1.82) is 0 Å². The first-order valence-electron chi connectivity index (χ1n) is 11.6. The number of esters is 1. The van der Waals surface area contributed by atoms with Crippen molar-refractivity contribution in [1.82, 2.24) is 15.5 Å². The molecule has 2 aliphatic rings. The summed E-state index contributed by atoms with van der Waals surface area (Å²) in [7, 11) is -4.34. The Bertz CT molecular complexity index is 1060. The summed E-state index contributed by atoms with van der Waals surface area (Å²) in [6, 6.07) is 5.61. The van der Waals surface area contributed by atoms with Gasteiger partial charge < -0.3 is 24.2 Å². The van der Waals surface area contributed by atoms with E-state index in [4.69, 9.17) is 19.9 Å². The van der Waals surface area contributed by atoms with E-state index >= 15 is 4.39 Å². The maximum Gasteiger partial charge on any atom is 0.459 e. The van der Waals surface area contributed by atoms with Crippen molar-refractivity contribution < 1.29 is 48.6 Å². The molecule has 2 amide bonds. The lowest BCUT2D eigenvalue weighted by atomic mass is 9.98. The zero-order chi connectivity index (χ0) is 27.5. The molecule has 13 nitrogen and oxygen atoms in total. The van der Waals surface area contributed by atoms with Gasteiger partial charge in [0.15, 0.2) is 11.9 Å². The summed E-state index contributed by atoms with van der Waals surface area (Å²) in [6.45, 7) is 3.35. The van der Waals surface area contributed by atoms with Gasteiger partial charge in [0.2, 0.25) is 5.90 Å². The SMILES string of the molecule is [2H]C1NN([C@@H]2O[C@H](CO[P@@](=O)(N[C@@H](C)C(=O)OC(C)C)Oc3ccccc3)[C@@H](O)[C@@]2(C)F)C(=O)N=C1O. The minimum Gasteiger partial charge on any atom is -0.495 e. The monoisotopic (exact) mass is 533 g/mol. The minimum absolute atomic E-state index is 0.131. The molecule has 15 heteroatoms. The molecule has 7 atom stereocenters. The van der Waals surface area contributed by atoms with Crippen molar-refractivity contribution in [3.8, 4) is 5.75 Å². The number of aliphatic hydroxyl groups is 2. The van der Waals surface area contributed by atoms with Crippen LogP contribution < -0.4 is 15.0 Å². The molecule has 0 bridgehead atoms. The number of aliphatic hydroxyl groups excluding tert-OH is 2. The Hall–Kier alpha value is -2.61. The van der Waals surface area contributed by atoms with Crippen molar-refractivity contribution in [2.45, 2.75) is 63.9 Å². The number of nitrogens with one attached hydrogen (secondary N) is 2. The lowest BCUT2D eigenvalue weighted by Crippen LogP contribution is -2.59. The highest BCUT2D eigenvalue weighted by Gasteiger charge is 2.58. The average molecular weight is 533 g/mol. The first-order chi connectivity index (χ1) is 17.2. The van der Waals surface area contributed by atoms with Crippen LogP contribution in [0.1, 0.15) is 29.1 Å². The highest BCUT2D eigenvalue weighted by Crippen LogP contribution is 2.46. The highest BCUT2D eigenvalue weighted by molar-refractivity contribution is 7.52. The Labute approximate surface area is 208 Å². The Kier molecular flexibility index (Phi) is 8.23. The van der Waals surface area contributed by atoms with Crippen LogP contribution in [-0.2, 0) is 23.4 Å². The molecular formula is C21H30FN4O9P. The summed E-state index contributed by atoms with van der Waals surface area (Å²) in [6.07, 6.45) is -5.57. The van der Waals surface area contributed by atoms with Crippen molar-refractivity contribution in [2.75, 3.05) is 13.1 Å². The summed E-state index contributed by atoms with van der Waals surface area (Å²) in [5, 5.41) is 23.0. The Morgan fingerprint density at radius 3 is 2.75 bits per heavy atom. The molecule has 0 saturated carbocycles. The van der Waals surface area contributed by atoms with E-state index in [0.29, 0.717) is 5.01 Å². The number of nitrogens with zero attached hydrogens (tertiary/aromatic N) is 2. The van der Waals surface area contributed by atoms with Crippen LogP contribution in [0.4, 0.5) is 9.18 Å². The minimum atomic E-state index is -4.34. The second-order valence-corrected chi connectivity index (χ2v) is 10.2. The van der Waals surface area contributed by atoms with Gasteiger partial charge >= 0.3 is 19.7 Å². The van der Waals surface area contributed by atoms with Gasteiger partial charge in [-0.25, -0.2) is 24.2 Å². The number of carbonyl (C=O) groups is 2. The van der Waals surface area contributed by atoms with Gasteiger partial charge in [-0.2, -0.15) is 10.1 Å². The van der Waals surface area contributed by atoms with Crippen molar-refractivity contribution >= 4 is 25.6 Å². The zero-order valence-electron chi connectivity index (χ0n) is 21.0. The average Bonchev–Trinajstić information content (AvgIpc) is 3.03. The van der Waals surface area contributed by atoms with E-state index in [2.05, 4.69) is 15.5 Å². The number of hydrogen-bond donors (Lipinski definition) is 4. The number of rotatable bonds is 10. The largest absolute Gasteiger partial charge is 0.495 e. The summed E-state index contributed by atoms with van der Waals surface area (Å²) in [5.41, 5.74) is -0.369. The van der Waals surface area contributed by atoms with Crippen molar-refractivity contribution in [2.24, 2.45) is 4.99 Å². The number of para-hydroxylation sites is 1. The zero-order valence-corrected chi connectivity index (χ0v) is 20.9. The van der Waals surface area contributed by atoms with E-state index in [1.165, 1.54) is 19.1 Å². The number of hydrogen-bond acceptors (Lipinski definition) is 9. The summed E-state index contributed by atoms with van der Waals surface area (Å²) in [4.78, 5) is 27.7. The molecule has 0 spiro atoms. The number of carbonyl (C=O) groups excluding carboxylic acids is 2. The molecule has 2 aliphatic heterocycles. The van der Waals surface area contributed by atoms with E-state index in [-0.39, 0.29) is 5.75 Å². The number of benzene rings is 1. The second-order valence-electron chi connectivity index (χ2n) is 8.55. The molecule has 4 N–H and O–H groups in total. The first kappa shape index (κ1) is 26.5. The van der Waals surface area contributed by atoms with Gasteiger partial charge in [-0.3, -0.25) is 9.32 Å². The molecule has 0 aliphatic carbocycles. The number of alkyl halides is 1. The molecule has 0 radical (unpaired) electrons. The molecule has 36 heavy (non-hydrogen) atoms. The molecular weight excluding hydrogens is 502 g/mol. The van der Waals surface area contributed by atoms with E-state index < -0.39 is 75.0 Å². The van der Waals surface area contributed by atoms with Crippen molar-refractivity contribution in [3.05, 3.63) is 30.3 Å². The standard InChI is InChI=1S/C21H30FN4O9P/c1-12(2)33-18(29)13(3)25-36(31,35-14-8-6-5-7-9-14)32-11-15-17(28)21(4,22)19(34-15)26-20(30)24-16(27)10-23-26/h5-9,12-13,15,17,19,23,28H,10-11H2,1-4H3,(H,25,31)(H,24,27,30)/t13-,15+,17+,19+,21+,36-/m0/s1/i10D/t10?,13-,15+,17+,19+,21+,36-. The Morgan fingerprint density at radius 2 is 2.11 bits per heavy atom. The van der Waals surface area contributed by atoms with Crippen LogP contribution in [0.2, 0.25) is 0 Å². The number of ether oxygens (including phenoxy) is 2. The molecule has 3 rings (SSSR count). The predicted octanol–water partition coefficient (Wildman–Crippen LogP) is 1.83. The van der Waals surface area contributed by atoms with Gasteiger partial charge in [0, 0.05) is 0 Å².